The first-order chi connectivity index (χ1) is 6.58. The summed E-state index contributed by atoms with van der Waals surface area (Å²) in [6.07, 6.45) is 0. The zero-order valence-electron chi connectivity index (χ0n) is 8.34. The van der Waals surface area contributed by atoms with Gasteiger partial charge in [0.25, 0.3) is 0 Å². The van der Waals surface area contributed by atoms with Gasteiger partial charge in [-0.1, -0.05) is 12.1 Å². The second kappa shape index (κ2) is 5.00. The summed E-state index contributed by atoms with van der Waals surface area (Å²) >= 11 is 0. The number of hydrogen-bond donors (Lipinski definition) is 2. The van der Waals surface area contributed by atoms with E-state index in [4.69, 9.17) is 14.7 Å². The summed E-state index contributed by atoms with van der Waals surface area (Å²) in [5, 5.41) is 17.2. The lowest BCUT2D eigenvalue weighted by atomic mass is 10.2. The highest BCUT2D eigenvalue weighted by molar-refractivity contribution is 6.33. The molecule has 0 atom stereocenters. The van der Waals surface area contributed by atoms with Crippen molar-refractivity contribution in [2.75, 3.05) is 14.1 Å². The van der Waals surface area contributed by atoms with E-state index in [1.54, 1.807) is 12.1 Å². The third-order valence-electron chi connectivity index (χ3n) is 1.64. The van der Waals surface area contributed by atoms with Crippen molar-refractivity contribution in [3.63, 3.8) is 0 Å². The van der Waals surface area contributed by atoms with E-state index in [1.165, 1.54) is 0 Å². The molecule has 0 bridgehead atoms. The molecule has 1 aromatic carbocycles. The third kappa shape index (κ3) is 3.78. The highest BCUT2D eigenvalue weighted by atomic mass is 16.6. The molecule has 2 N–H and O–H groups in total. The van der Waals surface area contributed by atoms with Gasteiger partial charge in [0.1, 0.15) is 5.75 Å². The molecule has 0 unspecified atom stereocenters. The molecule has 0 heterocycles. The Balaban J connectivity index is 2.68. The van der Waals surface area contributed by atoms with E-state index >= 15 is 0 Å². The minimum atomic E-state index is -1.76. The predicted molar refractivity (Wildman–Crippen MR) is 54.7 cm³/mol. The van der Waals surface area contributed by atoms with Crippen LogP contribution in [0.15, 0.2) is 24.3 Å². The Morgan fingerprint density at radius 2 is 2.07 bits per heavy atom. The summed E-state index contributed by atoms with van der Waals surface area (Å²) in [5.74, 6) is 0.458. The maximum atomic E-state index is 8.60. The van der Waals surface area contributed by atoms with E-state index in [1.807, 2.05) is 31.1 Å². The number of hydrogen-bond acceptors (Lipinski definition) is 4. The minimum absolute atomic E-state index is 0.458. The summed E-state index contributed by atoms with van der Waals surface area (Å²) in [4.78, 5) is 2.02. The summed E-state index contributed by atoms with van der Waals surface area (Å²) in [6, 6.07) is 7.23. The number of nitrogens with zero attached hydrogens (tertiary/aromatic N) is 1. The van der Waals surface area contributed by atoms with Crippen molar-refractivity contribution in [1.29, 1.82) is 0 Å². The Labute approximate surface area is 83.9 Å². The quantitative estimate of drug-likeness (QED) is 0.669. The Hall–Kier alpha value is -1.04. The van der Waals surface area contributed by atoms with Crippen LogP contribution in [-0.2, 0) is 6.54 Å². The molecule has 4 nitrogen and oxygen atoms in total. The first-order valence-electron chi connectivity index (χ1n) is 4.34. The molecule has 0 saturated carbocycles. The topological polar surface area (TPSA) is 52.9 Å². The number of rotatable bonds is 4. The lowest BCUT2D eigenvalue weighted by molar-refractivity contribution is 0.288. The Kier molecular flexibility index (Phi) is 3.94. The SMILES string of the molecule is CN(C)Cc1cccc(OB(O)O)c1. The molecule has 0 aliphatic carbocycles. The van der Waals surface area contributed by atoms with Crippen molar-refractivity contribution >= 4 is 7.32 Å². The summed E-state index contributed by atoms with van der Waals surface area (Å²) in [7, 11) is 2.17. The van der Waals surface area contributed by atoms with E-state index in [-0.39, 0.29) is 0 Å². The van der Waals surface area contributed by atoms with Crippen molar-refractivity contribution < 1.29 is 14.7 Å². The largest absolute Gasteiger partial charge is 0.707 e. The van der Waals surface area contributed by atoms with Gasteiger partial charge < -0.3 is 19.6 Å². The van der Waals surface area contributed by atoms with Crippen molar-refractivity contribution in [3.05, 3.63) is 29.8 Å². The molecule has 0 radical (unpaired) electrons. The summed E-state index contributed by atoms with van der Waals surface area (Å²) < 4.78 is 4.73. The molecule has 0 aromatic heterocycles. The van der Waals surface area contributed by atoms with Crippen LogP contribution >= 0.6 is 0 Å². The third-order valence-corrected chi connectivity index (χ3v) is 1.64. The first-order valence-corrected chi connectivity index (χ1v) is 4.34. The van der Waals surface area contributed by atoms with Gasteiger partial charge in [0, 0.05) is 6.54 Å². The van der Waals surface area contributed by atoms with Crippen LogP contribution in [0.3, 0.4) is 0 Å². The van der Waals surface area contributed by atoms with Crippen molar-refractivity contribution in [1.82, 2.24) is 4.90 Å². The molecule has 0 saturated heterocycles. The van der Waals surface area contributed by atoms with Crippen molar-refractivity contribution in [2.45, 2.75) is 6.54 Å². The van der Waals surface area contributed by atoms with Gasteiger partial charge in [-0.3, -0.25) is 0 Å². The average molecular weight is 195 g/mol. The fraction of sp³-hybridized carbons (Fsp3) is 0.333. The van der Waals surface area contributed by atoms with Crippen LogP contribution in [0.5, 0.6) is 5.75 Å². The van der Waals surface area contributed by atoms with Crippen LogP contribution in [0.25, 0.3) is 0 Å². The normalized spacial score (nSPS) is 10.4. The molecule has 0 aliphatic rings. The van der Waals surface area contributed by atoms with E-state index in [9.17, 15) is 0 Å². The van der Waals surface area contributed by atoms with Gasteiger partial charge in [-0.25, -0.2) is 0 Å². The Morgan fingerprint density at radius 1 is 1.36 bits per heavy atom. The molecule has 5 heteroatoms. The van der Waals surface area contributed by atoms with E-state index < -0.39 is 7.32 Å². The molecule has 0 amide bonds. The molecule has 0 fully saturated rings. The second-order valence-corrected chi connectivity index (χ2v) is 3.33. The second-order valence-electron chi connectivity index (χ2n) is 3.33. The molecular formula is C9H14BNO3. The highest BCUT2D eigenvalue weighted by Gasteiger charge is 2.10. The molecule has 0 spiro atoms. The van der Waals surface area contributed by atoms with Gasteiger partial charge >= 0.3 is 7.32 Å². The lowest BCUT2D eigenvalue weighted by Crippen LogP contribution is -2.20. The fourth-order valence-electron chi connectivity index (χ4n) is 1.20. The maximum absolute atomic E-state index is 8.60. The van der Waals surface area contributed by atoms with Crippen LogP contribution < -0.4 is 4.65 Å². The minimum Gasteiger partial charge on any atom is -0.512 e. The van der Waals surface area contributed by atoms with E-state index in [0.717, 1.165) is 12.1 Å². The Morgan fingerprint density at radius 3 is 2.64 bits per heavy atom. The zero-order valence-corrected chi connectivity index (χ0v) is 8.34. The zero-order chi connectivity index (χ0) is 10.6. The van der Waals surface area contributed by atoms with Crippen molar-refractivity contribution in [2.24, 2.45) is 0 Å². The van der Waals surface area contributed by atoms with Crippen LogP contribution in [-0.4, -0.2) is 36.4 Å². The van der Waals surface area contributed by atoms with Crippen molar-refractivity contribution in [3.8, 4) is 5.75 Å². The summed E-state index contributed by atoms with van der Waals surface area (Å²) in [6.45, 7) is 0.790. The molecule has 1 aromatic rings. The van der Waals surface area contributed by atoms with Crippen LogP contribution in [0.1, 0.15) is 5.56 Å². The summed E-state index contributed by atoms with van der Waals surface area (Å²) in [5.41, 5.74) is 1.06. The van der Waals surface area contributed by atoms with Crippen LogP contribution in [0.2, 0.25) is 0 Å². The van der Waals surface area contributed by atoms with Gasteiger partial charge in [-0.15, -0.1) is 0 Å². The maximum Gasteiger partial charge on any atom is 0.707 e. The van der Waals surface area contributed by atoms with E-state index in [0.29, 0.717) is 5.75 Å². The molecule has 76 valence electrons. The fourth-order valence-corrected chi connectivity index (χ4v) is 1.20. The van der Waals surface area contributed by atoms with E-state index in [2.05, 4.69) is 0 Å². The highest BCUT2D eigenvalue weighted by Crippen LogP contribution is 2.14. The Bertz CT molecular complexity index is 266. The molecule has 1 rings (SSSR count). The van der Waals surface area contributed by atoms with Gasteiger partial charge in [0.2, 0.25) is 0 Å². The van der Waals surface area contributed by atoms with Gasteiger partial charge in [0.15, 0.2) is 0 Å². The molecule has 0 aliphatic heterocycles. The van der Waals surface area contributed by atoms with Crippen LogP contribution in [0, 0.1) is 0 Å². The smallest absolute Gasteiger partial charge is 0.512 e. The molecular weight excluding hydrogens is 181 g/mol. The molecule has 14 heavy (non-hydrogen) atoms. The predicted octanol–water partition coefficient (Wildman–Crippen LogP) is 0.0965. The van der Waals surface area contributed by atoms with Crippen LogP contribution in [0.4, 0.5) is 0 Å². The standard InChI is InChI=1S/C9H14BNO3/c1-11(2)7-8-4-3-5-9(6-8)14-10(12)13/h3-6,12-13H,7H2,1-2H3. The van der Waals surface area contributed by atoms with Gasteiger partial charge in [-0.05, 0) is 31.8 Å². The van der Waals surface area contributed by atoms with Gasteiger partial charge in [-0.2, -0.15) is 0 Å². The monoisotopic (exact) mass is 195 g/mol. The lowest BCUT2D eigenvalue weighted by Gasteiger charge is -2.11. The first kappa shape index (κ1) is 11.0. The number of benzene rings is 1. The van der Waals surface area contributed by atoms with Gasteiger partial charge in [0.05, 0.1) is 0 Å². The average Bonchev–Trinajstić information content (AvgIpc) is 2.01.